The van der Waals surface area contributed by atoms with Gasteiger partial charge in [0.05, 0.1) is 50.2 Å². The molecule has 5 heteroatoms. The molecule has 0 aliphatic heterocycles. The van der Waals surface area contributed by atoms with E-state index in [0.29, 0.717) is 28.2 Å². The van der Waals surface area contributed by atoms with E-state index in [1.54, 1.807) is 0 Å². The van der Waals surface area contributed by atoms with Crippen LogP contribution >= 0.6 is 0 Å². The lowest BCUT2D eigenvalue weighted by Gasteiger charge is -2.26. The van der Waals surface area contributed by atoms with Gasteiger partial charge in [0.2, 0.25) is 0 Å². The Morgan fingerprint density at radius 1 is 0.269 bits per heavy atom. The van der Waals surface area contributed by atoms with Gasteiger partial charge in [-0.15, -0.1) is 0 Å². The molecule has 0 spiro atoms. The average molecular weight is 850 g/mol. The maximum atomic E-state index is 12.2. The van der Waals surface area contributed by atoms with Gasteiger partial charge >= 0.3 is 0 Å². The normalized spacial score (nSPS) is 11.9. The SMILES string of the molecule is N#Cc1c(-n2c3ccccc3c3ccccc32)c(C#N)c(-n2c3ccccc3c3cc4ccccc4cc32)c(-c2ccc3ccccc3c2)c1-n1c2ccccc2c2cc3ccccc3cc21. The number of benzene rings is 11. The van der Waals surface area contributed by atoms with Crippen LogP contribution in [-0.2, 0) is 0 Å². The number of nitriles is 2. The van der Waals surface area contributed by atoms with Gasteiger partial charge in [-0.2, -0.15) is 10.5 Å². The lowest BCUT2D eigenvalue weighted by molar-refractivity contribution is 1.08. The molecule has 3 aromatic heterocycles. The average Bonchev–Trinajstić information content (AvgIpc) is 4.01. The van der Waals surface area contributed by atoms with E-state index in [9.17, 15) is 10.5 Å². The van der Waals surface area contributed by atoms with Crippen LogP contribution < -0.4 is 0 Å². The molecule has 3 heterocycles. The summed E-state index contributed by atoms with van der Waals surface area (Å²) in [6, 6.07) is 80.3. The Hall–Kier alpha value is -9.42. The van der Waals surface area contributed by atoms with Gasteiger partial charge in [0.15, 0.2) is 0 Å². The van der Waals surface area contributed by atoms with E-state index < -0.39 is 0 Å². The summed E-state index contributed by atoms with van der Waals surface area (Å²) in [5.74, 6) is 0. The Kier molecular flexibility index (Phi) is 7.75. The molecular weight excluding hydrogens is 815 g/mol. The minimum Gasteiger partial charge on any atom is -0.307 e. The second-order valence-electron chi connectivity index (χ2n) is 17.5. The van der Waals surface area contributed by atoms with E-state index in [4.69, 9.17) is 0 Å². The summed E-state index contributed by atoms with van der Waals surface area (Å²) in [6.45, 7) is 0. The van der Waals surface area contributed by atoms with E-state index in [2.05, 4.69) is 226 Å². The quantitative estimate of drug-likeness (QED) is 0.177. The molecule has 0 amide bonds. The maximum Gasteiger partial charge on any atom is 0.104 e. The first kappa shape index (κ1) is 37.0. The number of rotatable bonds is 4. The zero-order chi connectivity index (χ0) is 44.3. The molecule has 0 bridgehead atoms. The van der Waals surface area contributed by atoms with Crippen LogP contribution in [0.25, 0.3) is 126 Å². The van der Waals surface area contributed by atoms with Crippen molar-refractivity contribution < 1.29 is 0 Å². The number of hydrogen-bond donors (Lipinski definition) is 0. The van der Waals surface area contributed by atoms with Crippen molar-refractivity contribution in [1.29, 1.82) is 10.5 Å². The van der Waals surface area contributed by atoms with Gasteiger partial charge in [0.25, 0.3) is 0 Å². The van der Waals surface area contributed by atoms with Crippen LogP contribution in [0.2, 0.25) is 0 Å². The predicted molar refractivity (Wildman–Crippen MR) is 277 cm³/mol. The molecule has 0 saturated carbocycles. The minimum atomic E-state index is 0.400. The Balaban J connectivity index is 1.31. The molecule has 0 N–H and O–H groups in total. The van der Waals surface area contributed by atoms with E-state index in [0.717, 1.165) is 109 Å². The van der Waals surface area contributed by atoms with Crippen molar-refractivity contribution in [3.63, 3.8) is 0 Å². The summed E-state index contributed by atoms with van der Waals surface area (Å²) < 4.78 is 6.79. The van der Waals surface area contributed by atoms with Gasteiger partial charge in [-0.3, -0.25) is 0 Å². The highest BCUT2D eigenvalue weighted by atomic mass is 15.1. The third kappa shape index (κ3) is 5.17. The first-order valence-electron chi connectivity index (χ1n) is 22.5. The van der Waals surface area contributed by atoms with Gasteiger partial charge in [-0.1, -0.05) is 158 Å². The molecule has 0 fully saturated rings. The molecule has 308 valence electrons. The van der Waals surface area contributed by atoms with Crippen LogP contribution in [0.5, 0.6) is 0 Å². The smallest absolute Gasteiger partial charge is 0.104 e. The Morgan fingerprint density at radius 3 is 1.01 bits per heavy atom. The lowest BCUT2D eigenvalue weighted by Crippen LogP contribution is -2.14. The lowest BCUT2D eigenvalue weighted by atomic mass is 9.90. The summed E-state index contributed by atoms with van der Waals surface area (Å²) in [4.78, 5) is 0. The molecule has 0 saturated heterocycles. The molecule has 0 unspecified atom stereocenters. The maximum absolute atomic E-state index is 12.2. The Labute approximate surface area is 384 Å². The molecule has 11 aromatic carbocycles. The van der Waals surface area contributed by atoms with Crippen LogP contribution in [0.3, 0.4) is 0 Å². The minimum absolute atomic E-state index is 0.400. The molecular formula is C62H35N5. The molecule has 0 radical (unpaired) electrons. The summed E-state index contributed by atoms with van der Waals surface area (Å²) in [7, 11) is 0. The zero-order valence-corrected chi connectivity index (χ0v) is 35.9. The molecule has 14 rings (SSSR count). The van der Waals surface area contributed by atoms with E-state index in [-0.39, 0.29) is 0 Å². The second kappa shape index (κ2) is 14.0. The van der Waals surface area contributed by atoms with Crippen molar-refractivity contribution in [2.24, 2.45) is 0 Å². The highest BCUT2D eigenvalue weighted by molar-refractivity contribution is 6.18. The first-order valence-corrected chi connectivity index (χ1v) is 22.5. The summed E-state index contributed by atoms with van der Waals surface area (Å²) >= 11 is 0. The second-order valence-corrected chi connectivity index (χ2v) is 17.5. The monoisotopic (exact) mass is 849 g/mol. The van der Waals surface area contributed by atoms with Crippen molar-refractivity contribution in [3.05, 3.63) is 223 Å². The zero-order valence-electron chi connectivity index (χ0n) is 35.9. The molecule has 0 aliphatic carbocycles. The standard InChI is InChI=1S/C62H35N5/c63-36-51-60(65-53-25-11-7-21-45(53)46-22-8-12-26-54(46)65)52(37-64)62(67-56-28-14-10-24-48(56)50-33-41-18-4-6-20-43(41)35-58(50)67)59(44-30-29-38-15-1-2-16-39(38)31-44)61(51)66-55-27-13-9-23-47(55)49-32-40-17-3-5-19-42(40)34-57(49)66/h1-35H. The third-order valence-electron chi connectivity index (χ3n) is 14.0. The third-order valence-corrected chi connectivity index (χ3v) is 14.0. The van der Waals surface area contributed by atoms with Gasteiger partial charge in [-0.05, 0) is 92.5 Å². The van der Waals surface area contributed by atoms with Crippen molar-refractivity contribution in [2.75, 3.05) is 0 Å². The molecule has 5 nitrogen and oxygen atoms in total. The number of para-hydroxylation sites is 4. The van der Waals surface area contributed by atoms with Crippen molar-refractivity contribution in [2.45, 2.75) is 0 Å². The van der Waals surface area contributed by atoms with Crippen molar-refractivity contribution in [3.8, 4) is 40.3 Å². The molecule has 0 atom stereocenters. The summed E-state index contributed by atoms with van der Waals surface area (Å²) in [5.41, 5.74) is 10.1. The van der Waals surface area contributed by atoms with Gasteiger partial charge in [0, 0.05) is 37.9 Å². The molecule has 67 heavy (non-hydrogen) atoms. The van der Waals surface area contributed by atoms with Crippen LogP contribution in [0.4, 0.5) is 0 Å². The Morgan fingerprint density at radius 2 is 0.597 bits per heavy atom. The fourth-order valence-corrected chi connectivity index (χ4v) is 11.2. The van der Waals surface area contributed by atoms with Crippen LogP contribution in [0.15, 0.2) is 212 Å². The number of hydrogen-bond acceptors (Lipinski definition) is 2. The van der Waals surface area contributed by atoms with Crippen LogP contribution in [-0.4, -0.2) is 13.7 Å². The van der Waals surface area contributed by atoms with Gasteiger partial charge in [-0.25, -0.2) is 0 Å². The van der Waals surface area contributed by atoms with E-state index in [1.165, 1.54) is 0 Å². The Bertz CT molecular complexity index is 4300. The van der Waals surface area contributed by atoms with Crippen molar-refractivity contribution >= 4 is 97.7 Å². The number of fused-ring (bicyclic) bond motifs is 12. The fraction of sp³-hybridized carbons (Fsp3) is 0. The van der Waals surface area contributed by atoms with E-state index >= 15 is 0 Å². The van der Waals surface area contributed by atoms with Gasteiger partial charge in [0.1, 0.15) is 23.3 Å². The number of nitrogens with zero attached hydrogens (tertiary/aromatic N) is 5. The molecule has 0 aliphatic rings. The van der Waals surface area contributed by atoms with Crippen LogP contribution in [0.1, 0.15) is 11.1 Å². The highest BCUT2D eigenvalue weighted by Crippen LogP contribution is 2.49. The first-order chi connectivity index (χ1) is 33.2. The summed E-state index contributed by atoms with van der Waals surface area (Å²) in [5, 5.41) is 37.4. The highest BCUT2D eigenvalue weighted by Gasteiger charge is 2.33. The topological polar surface area (TPSA) is 62.4 Å². The van der Waals surface area contributed by atoms with E-state index in [1.807, 2.05) is 12.1 Å². The number of aromatic nitrogens is 3. The predicted octanol–water partition coefficient (Wildman–Crippen LogP) is 15.8. The van der Waals surface area contributed by atoms with Crippen molar-refractivity contribution in [1.82, 2.24) is 13.7 Å². The summed E-state index contributed by atoms with van der Waals surface area (Å²) in [6.07, 6.45) is 0. The largest absolute Gasteiger partial charge is 0.307 e. The fourth-order valence-electron chi connectivity index (χ4n) is 11.2. The van der Waals surface area contributed by atoms with Crippen LogP contribution in [0, 0.1) is 22.7 Å². The molecule has 14 aromatic rings. The van der Waals surface area contributed by atoms with Gasteiger partial charge < -0.3 is 13.7 Å².